The molecule has 0 atom stereocenters. The highest BCUT2D eigenvalue weighted by Crippen LogP contribution is 2.27. The highest BCUT2D eigenvalue weighted by atomic mass is 79.9. The average molecular weight is 321 g/mol. The molecule has 0 saturated heterocycles. The summed E-state index contributed by atoms with van der Waals surface area (Å²) in [5.74, 6) is -0.0689. The lowest BCUT2D eigenvalue weighted by Crippen LogP contribution is -2.14. The summed E-state index contributed by atoms with van der Waals surface area (Å²) in [6.07, 6.45) is 1.41. The van der Waals surface area contributed by atoms with Crippen molar-refractivity contribution in [3.8, 4) is 0 Å². The normalized spacial score (nSPS) is 10.2. The van der Waals surface area contributed by atoms with Crippen LogP contribution in [0.15, 0.2) is 34.9 Å². The van der Waals surface area contributed by atoms with E-state index >= 15 is 0 Å². The summed E-state index contributed by atoms with van der Waals surface area (Å²) < 4.78 is 0.900. The van der Waals surface area contributed by atoms with E-state index in [0.29, 0.717) is 5.82 Å². The molecule has 5 nitrogen and oxygen atoms in total. The molecule has 1 aromatic carbocycles. The number of hydrogen-bond acceptors (Lipinski definition) is 4. The number of rotatable bonds is 3. The van der Waals surface area contributed by atoms with E-state index in [1.54, 1.807) is 0 Å². The van der Waals surface area contributed by atoms with Crippen LogP contribution in [-0.2, 0) is 0 Å². The molecule has 98 valence electrons. The van der Waals surface area contributed by atoms with Crippen LogP contribution in [0.2, 0.25) is 0 Å². The van der Waals surface area contributed by atoms with Gasteiger partial charge in [-0.3, -0.25) is 4.79 Å². The van der Waals surface area contributed by atoms with Crippen LogP contribution in [0.5, 0.6) is 0 Å². The van der Waals surface area contributed by atoms with Crippen LogP contribution in [0, 0.1) is 6.92 Å². The van der Waals surface area contributed by atoms with Crippen molar-refractivity contribution in [3.05, 3.63) is 46.1 Å². The Morgan fingerprint density at radius 3 is 2.79 bits per heavy atom. The molecule has 1 heterocycles. The molecule has 1 aromatic heterocycles. The fourth-order valence-corrected chi connectivity index (χ4v) is 1.97. The van der Waals surface area contributed by atoms with Gasteiger partial charge in [0.05, 0.1) is 23.1 Å². The molecule has 0 saturated carbocycles. The van der Waals surface area contributed by atoms with E-state index in [1.807, 2.05) is 25.1 Å². The van der Waals surface area contributed by atoms with Crippen LogP contribution in [0.25, 0.3) is 0 Å². The van der Waals surface area contributed by atoms with Crippen molar-refractivity contribution in [2.75, 3.05) is 11.1 Å². The molecule has 0 aliphatic rings. The second kappa shape index (κ2) is 5.27. The topological polar surface area (TPSA) is 94.0 Å². The summed E-state index contributed by atoms with van der Waals surface area (Å²) in [6, 6.07) is 7.42. The lowest BCUT2D eigenvalue weighted by atomic mass is 10.2. The van der Waals surface area contributed by atoms with Crippen LogP contribution in [0.3, 0.4) is 0 Å². The van der Waals surface area contributed by atoms with Gasteiger partial charge in [-0.2, -0.15) is 0 Å². The molecule has 2 rings (SSSR count). The Bertz CT molecular complexity index is 643. The Labute approximate surface area is 119 Å². The predicted molar refractivity (Wildman–Crippen MR) is 79.3 cm³/mol. The Morgan fingerprint density at radius 2 is 2.11 bits per heavy atom. The van der Waals surface area contributed by atoms with Gasteiger partial charge in [-0.25, -0.2) is 4.98 Å². The number of benzene rings is 1. The van der Waals surface area contributed by atoms with Crippen molar-refractivity contribution in [3.63, 3.8) is 0 Å². The summed E-state index contributed by atoms with van der Waals surface area (Å²) in [7, 11) is 0. The molecule has 0 aliphatic heterocycles. The Hall–Kier alpha value is -2.08. The molecule has 0 fully saturated rings. The minimum atomic E-state index is -0.578. The first-order chi connectivity index (χ1) is 8.97. The number of hydrogen-bond donors (Lipinski definition) is 3. The molecule has 0 bridgehead atoms. The summed E-state index contributed by atoms with van der Waals surface area (Å²) in [6.45, 7) is 1.99. The van der Waals surface area contributed by atoms with Crippen LogP contribution >= 0.6 is 15.9 Å². The molecule has 0 radical (unpaired) electrons. The highest BCUT2D eigenvalue weighted by Gasteiger charge is 2.09. The Kier molecular flexibility index (Phi) is 3.71. The third kappa shape index (κ3) is 3.03. The summed E-state index contributed by atoms with van der Waals surface area (Å²) >= 11 is 3.44. The molecular formula is C13H13BrN4O. The first-order valence-electron chi connectivity index (χ1n) is 5.56. The van der Waals surface area contributed by atoms with Crippen LogP contribution < -0.4 is 16.8 Å². The van der Waals surface area contributed by atoms with E-state index in [9.17, 15) is 4.79 Å². The van der Waals surface area contributed by atoms with Gasteiger partial charge in [0.1, 0.15) is 5.82 Å². The van der Waals surface area contributed by atoms with Gasteiger partial charge in [-0.15, -0.1) is 0 Å². The molecular weight excluding hydrogens is 308 g/mol. The number of carbonyl (C=O) groups is 1. The number of aryl methyl sites for hydroxylation is 1. The third-order valence-electron chi connectivity index (χ3n) is 2.58. The lowest BCUT2D eigenvalue weighted by molar-refractivity contribution is 0.100. The number of primary amides is 1. The van der Waals surface area contributed by atoms with E-state index in [0.717, 1.165) is 15.7 Å². The highest BCUT2D eigenvalue weighted by molar-refractivity contribution is 9.10. The number of amides is 1. The van der Waals surface area contributed by atoms with Gasteiger partial charge in [-0.1, -0.05) is 6.07 Å². The van der Waals surface area contributed by atoms with Gasteiger partial charge < -0.3 is 16.8 Å². The van der Waals surface area contributed by atoms with E-state index in [4.69, 9.17) is 11.5 Å². The van der Waals surface area contributed by atoms with Gasteiger partial charge in [0.2, 0.25) is 0 Å². The monoisotopic (exact) mass is 320 g/mol. The maximum atomic E-state index is 11.2. The first kappa shape index (κ1) is 13.4. The maximum absolute atomic E-state index is 11.2. The molecule has 5 N–H and O–H groups in total. The van der Waals surface area contributed by atoms with Crippen molar-refractivity contribution in [1.29, 1.82) is 0 Å². The number of carbonyl (C=O) groups excluding carboxylic acids is 1. The smallest absolute Gasteiger partial charge is 0.250 e. The van der Waals surface area contributed by atoms with Gasteiger partial charge in [0.25, 0.3) is 5.91 Å². The third-order valence-corrected chi connectivity index (χ3v) is 3.28. The van der Waals surface area contributed by atoms with Crippen molar-refractivity contribution in [1.82, 2.24) is 4.98 Å². The molecule has 6 heteroatoms. The Morgan fingerprint density at radius 1 is 1.37 bits per heavy atom. The lowest BCUT2D eigenvalue weighted by Gasteiger charge is -2.10. The minimum absolute atomic E-state index is 0.251. The molecule has 0 spiro atoms. The van der Waals surface area contributed by atoms with Gasteiger partial charge in [0, 0.05) is 4.47 Å². The molecule has 0 aliphatic carbocycles. The number of anilines is 3. The van der Waals surface area contributed by atoms with Crippen LogP contribution in [0.1, 0.15) is 15.9 Å². The zero-order chi connectivity index (χ0) is 14.0. The summed E-state index contributed by atoms with van der Waals surface area (Å²) in [4.78, 5) is 15.3. The Balaban J connectivity index is 2.36. The quantitative estimate of drug-likeness (QED) is 0.810. The van der Waals surface area contributed by atoms with E-state index in [1.165, 1.54) is 12.3 Å². The van der Waals surface area contributed by atoms with Crippen LogP contribution in [-0.4, -0.2) is 10.9 Å². The van der Waals surface area contributed by atoms with Gasteiger partial charge in [-0.05, 0) is 46.6 Å². The van der Waals surface area contributed by atoms with E-state index < -0.39 is 5.91 Å². The summed E-state index contributed by atoms with van der Waals surface area (Å²) in [5, 5.41) is 3.11. The van der Waals surface area contributed by atoms with E-state index in [2.05, 4.69) is 26.2 Å². The molecule has 2 aromatic rings. The molecule has 0 unspecified atom stereocenters. The number of nitrogens with two attached hydrogens (primary N) is 2. The van der Waals surface area contributed by atoms with Crippen molar-refractivity contribution < 1.29 is 4.79 Å². The zero-order valence-corrected chi connectivity index (χ0v) is 11.9. The van der Waals surface area contributed by atoms with Gasteiger partial charge in [0.15, 0.2) is 0 Å². The average Bonchev–Trinajstić information content (AvgIpc) is 2.36. The van der Waals surface area contributed by atoms with Crippen molar-refractivity contribution >= 4 is 39.0 Å². The maximum Gasteiger partial charge on any atom is 0.250 e. The first-order valence-corrected chi connectivity index (χ1v) is 6.35. The molecule has 19 heavy (non-hydrogen) atoms. The fourth-order valence-electron chi connectivity index (χ4n) is 1.62. The SMILES string of the molecule is Cc1ccc(Br)c(Nc2cc(C(N)=O)c(N)cn2)c1. The number of pyridine rings is 1. The standard InChI is InChI=1S/C13H13BrN4O/c1-7-2-3-9(14)11(4-7)18-12-5-8(13(16)19)10(15)6-17-12/h2-6H,15H2,1H3,(H2,16,19)(H,17,18). The number of nitrogens with zero attached hydrogens (tertiary/aromatic N) is 1. The number of halogens is 1. The van der Waals surface area contributed by atoms with Crippen LogP contribution in [0.4, 0.5) is 17.2 Å². The molecule has 1 amide bonds. The fraction of sp³-hybridized carbons (Fsp3) is 0.0769. The zero-order valence-electron chi connectivity index (χ0n) is 10.3. The number of nitrogen functional groups attached to an aromatic ring is 1. The van der Waals surface area contributed by atoms with Crippen molar-refractivity contribution in [2.45, 2.75) is 6.92 Å². The predicted octanol–water partition coefficient (Wildman–Crippen LogP) is 2.58. The second-order valence-corrected chi connectivity index (χ2v) is 4.98. The number of nitrogens with one attached hydrogen (secondary N) is 1. The minimum Gasteiger partial charge on any atom is -0.397 e. The number of aromatic nitrogens is 1. The second-order valence-electron chi connectivity index (χ2n) is 4.13. The van der Waals surface area contributed by atoms with E-state index in [-0.39, 0.29) is 11.3 Å². The largest absolute Gasteiger partial charge is 0.397 e. The van der Waals surface area contributed by atoms with Crippen molar-refractivity contribution in [2.24, 2.45) is 5.73 Å². The van der Waals surface area contributed by atoms with Gasteiger partial charge >= 0.3 is 0 Å². The summed E-state index contributed by atoms with van der Waals surface area (Å²) in [5.41, 5.74) is 13.4.